The maximum absolute atomic E-state index is 13.1. The molecule has 25 heavy (non-hydrogen) atoms. The molecule has 0 aromatic heterocycles. The number of carbonyl (C=O) groups excluding carboxylic acids is 2. The highest BCUT2D eigenvalue weighted by atomic mass is 19.1. The Morgan fingerprint density at radius 3 is 2.76 bits per heavy atom. The Kier molecular flexibility index (Phi) is 5.12. The molecule has 130 valence electrons. The molecule has 0 saturated carbocycles. The van der Waals surface area contributed by atoms with Crippen LogP contribution < -0.4 is 5.32 Å². The second kappa shape index (κ2) is 7.47. The Morgan fingerprint density at radius 1 is 1.16 bits per heavy atom. The van der Waals surface area contributed by atoms with Crippen molar-refractivity contribution in [3.05, 3.63) is 65.0 Å². The molecule has 1 aliphatic carbocycles. The van der Waals surface area contributed by atoms with E-state index in [-0.39, 0.29) is 12.3 Å². The van der Waals surface area contributed by atoms with Gasteiger partial charge < -0.3 is 10.1 Å². The van der Waals surface area contributed by atoms with Crippen LogP contribution in [0.1, 0.15) is 30.0 Å². The van der Waals surface area contributed by atoms with Crippen LogP contribution in [-0.2, 0) is 33.6 Å². The Balaban J connectivity index is 1.54. The minimum atomic E-state index is -0.922. The summed E-state index contributed by atoms with van der Waals surface area (Å²) in [5.41, 5.74) is 3.80. The first kappa shape index (κ1) is 17.1. The van der Waals surface area contributed by atoms with Gasteiger partial charge >= 0.3 is 5.97 Å². The van der Waals surface area contributed by atoms with Crippen molar-refractivity contribution in [1.29, 1.82) is 0 Å². The predicted octanol–water partition coefficient (Wildman–Crippen LogP) is 3.43. The average Bonchev–Trinajstić information content (AvgIpc) is 3.02. The lowest BCUT2D eigenvalue weighted by atomic mass is 10.1. The van der Waals surface area contributed by atoms with Crippen molar-refractivity contribution in [2.45, 2.75) is 38.7 Å². The molecule has 1 N–H and O–H groups in total. The smallest absolute Gasteiger partial charge is 0.311 e. The fourth-order valence-corrected chi connectivity index (χ4v) is 3.00. The Labute approximate surface area is 146 Å². The summed E-state index contributed by atoms with van der Waals surface area (Å²) in [5.74, 6) is -1.36. The van der Waals surface area contributed by atoms with E-state index < -0.39 is 17.9 Å². The van der Waals surface area contributed by atoms with Gasteiger partial charge in [-0.1, -0.05) is 18.2 Å². The molecule has 1 aliphatic rings. The topological polar surface area (TPSA) is 55.4 Å². The molecule has 0 fully saturated rings. The summed E-state index contributed by atoms with van der Waals surface area (Å²) in [6.07, 6.45) is 2.25. The van der Waals surface area contributed by atoms with Crippen LogP contribution >= 0.6 is 0 Å². The zero-order chi connectivity index (χ0) is 17.8. The van der Waals surface area contributed by atoms with E-state index >= 15 is 0 Å². The van der Waals surface area contributed by atoms with Crippen molar-refractivity contribution in [3.63, 3.8) is 0 Å². The van der Waals surface area contributed by atoms with Crippen LogP contribution in [0.2, 0.25) is 0 Å². The molecule has 3 rings (SSSR count). The van der Waals surface area contributed by atoms with Crippen LogP contribution in [0.15, 0.2) is 42.5 Å². The Morgan fingerprint density at radius 2 is 1.96 bits per heavy atom. The van der Waals surface area contributed by atoms with Gasteiger partial charge in [-0.3, -0.25) is 9.59 Å². The second-order valence-corrected chi connectivity index (χ2v) is 6.27. The van der Waals surface area contributed by atoms with Crippen LogP contribution in [0.4, 0.5) is 10.1 Å². The number of benzene rings is 2. The van der Waals surface area contributed by atoms with Crippen LogP contribution in [0.3, 0.4) is 0 Å². The summed E-state index contributed by atoms with van der Waals surface area (Å²) >= 11 is 0. The molecule has 0 spiro atoms. The van der Waals surface area contributed by atoms with Crippen LogP contribution in [0, 0.1) is 5.82 Å². The second-order valence-electron chi connectivity index (χ2n) is 6.27. The van der Waals surface area contributed by atoms with Crippen LogP contribution in [0.25, 0.3) is 0 Å². The summed E-state index contributed by atoms with van der Waals surface area (Å²) < 4.78 is 18.3. The number of hydrogen-bond donors (Lipinski definition) is 1. The number of nitrogens with one attached hydrogen (secondary N) is 1. The van der Waals surface area contributed by atoms with Gasteiger partial charge in [0.25, 0.3) is 5.91 Å². The van der Waals surface area contributed by atoms with E-state index in [0.29, 0.717) is 11.3 Å². The van der Waals surface area contributed by atoms with Gasteiger partial charge in [0.2, 0.25) is 0 Å². The first-order chi connectivity index (χ1) is 12.0. The van der Waals surface area contributed by atoms with Crippen molar-refractivity contribution in [2.75, 3.05) is 5.32 Å². The third-order valence-corrected chi connectivity index (χ3v) is 4.28. The summed E-state index contributed by atoms with van der Waals surface area (Å²) in [6, 6.07) is 11.6. The van der Waals surface area contributed by atoms with E-state index in [4.69, 9.17) is 4.74 Å². The normalized spacial score (nSPS) is 13.8. The van der Waals surface area contributed by atoms with Crippen molar-refractivity contribution in [3.8, 4) is 0 Å². The molecule has 0 aliphatic heterocycles. The Bertz CT molecular complexity index is 803. The standard InChI is InChI=1S/C20H20FNO3/c1-13(25-19(23)11-14-4-2-7-17(21)10-14)20(24)22-18-9-8-15-5-3-6-16(15)12-18/h2,4,7-10,12-13H,3,5-6,11H2,1H3,(H,22,24)/t13-/m1/s1. The van der Waals surface area contributed by atoms with Crippen molar-refractivity contribution in [2.24, 2.45) is 0 Å². The molecule has 0 heterocycles. The SMILES string of the molecule is C[C@@H](OC(=O)Cc1cccc(F)c1)C(=O)Nc1ccc2c(c1)CCC2. The fraction of sp³-hybridized carbons (Fsp3) is 0.300. The molecule has 1 amide bonds. The number of rotatable bonds is 5. The average molecular weight is 341 g/mol. The molecule has 0 radical (unpaired) electrons. The third-order valence-electron chi connectivity index (χ3n) is 4.28. The first-order valence-corrected chi connectivity index (χ1v) is 8.38. The van der Waals surface area contributed by atoms with Crippen molar-refractivity contribution >= 4 is 17.6 Å². The zero-order valence-electron chi connectivity index (χ0n) is 14.0. The molecule has 1 atom stereocenters. The predicted molar refractivity (Wildman–Crippen MR) is 92.8 cm³/mol. The van der Waals surface area contributed by atoms with Gasteiger partial charge in [0.1, 0.15) is 5.82 Å². The number of halogens is 1. The lowest BCUT2D eigenvalue weighted by Crippen LogP contribution is -2.30. The summed E-state index contributed by atoms with van der Waals surface area (Å²) in [7, 11) is 0. The van der Waals surface area contributed by atoms with Gasteiger partial charge in [-0.25, -0.2) is 4.39 Å². The van der Waals surface area contributed by atoms with E-state index in [1.54, 1.807) is 6.07 Å². The molecule has 4 nitrogen and oxygen atoms in total. The van der Waals surface area contributed by atoms with Gasteiger partial charge in [-0.15, -0.1) is 0 Å². The van der Waals surface area contributed by atoms with Crippen molar-refractivity contribution in [1.82, 2.24) is 0 Å². The lowest BCUT2D eigenvalue weighted by Gasteiger charge is -2.14. The number of anilines is 1. The fourth-order valence-electron chi connectivity index (χ4n) is 3.00. The van der Waals surface area contributed by atoms with E-state index in [0.717, 1.165) is 19.3 Å². The van der Waals surface area contributed by atoms with Crippen LogP contribution in [0.5, 0.6) is 0 Å². The van der Waals surface area contributed by atoms with E-state index in [1.165, 1.54) is 36.2 Å². The highest BCUT2D eigenvalue weighted by molar-refractivity contribution is 5.95. The minimum absolute atomic E-state index is 0.0752. The summed E-state index contributed by atoms with van der Waals surface area (Å²) in [6.45, 7) is 1.52. The largest absolute Gasteiger partial charge is 0.452 e. The molecule has 0 bridgehead atoms. The number of esters is 1. The van der Waals surface area contributed by atoms with E-state index in [1.807, 2.05) is 18.2 Å². The minimum Gasteiger partial charge on any atom is -0.452 e. The van der Waals surface area contributed by atoms with Gasteiger partial charge in [0, 0.05) is 5.69 Å². The van der Waals surface area contributed by atoms with Gasteiger partial charge in [0.05, 0.1) is 6.42 Å². The number of aryl methyl sites for hydroxylation is 2. The Hall–Kier alpha value is -2.69. The first-order valence-electron chi connectivity index (χ1n) is 8.38. The highest BCUT2D eigenvalue weighted by Gasteiger charge is 2.19. The van der Waals surface area contributed by atoms with Crippen LogP contribution in [-0.4, -0.2) is 18.0 Å². The monoisotopic (exact) mass is 341 g/mol. The molecule has 2 aromatic rings. The van der Waals surface area contributed by atoms with Gasteiger partial charge in [0.15, 0.2) is 6.10 Å². The van der Waals surface area contributed by atoms with E-state index in [9.17, 15) is 14.0 Å². The summed E-state index contributed by atoms with van der Waals surface area (Å²) in [5, 5.41) is 2.77. The molecular weight excluding hydrogens is 321 g/mol. The summed E-state index contributed by atoms with van der Waals surface area (Å²) in [4.78, 5) is 24.1. The molecule has 0 unspecified atom stereocenters. The highest BCUT2D eigenvalue weighted by Crippen LogP contribution is 2.25. The van der Waals surface area contributed by atoms with Crippen molar-refractivity contribution < 1.29 is 18.7 Å². The molecule has 2 aromatic carbocycles. The van der Waals surface area contributed by atoms with Gasteiger partial charge in [-0.05, 0) is 67.1 Å². The number of hydrogen-bond acceptors (Lipinski definition) is 3. The molecule has 5 heteroatoms. The molecular formula is C20H20FNO3. The number of amides is 1. The lowest BCUT2D eigenvalue weighted by molar-refractivity contribution is -0.152. The van der Waals surface area contributed by atoms with E-state index in [2.05, 4.69) is 5.32 Å². The number of carbonyl (C=O) groups is 2. The third kappa shape index (κ3) is 4.44. The maximum Gasteiger partial charge on any atom is 0.311 e. The number of ether oxygens (including phenoxy) is 1. The number of fused-ring (bicyclic) bond motifs is 1. The molecule has 0 saturated heterocycles. The quantitative estimate of drug-likeness (QED) is 0.848. The zero-order valence-corrected chi connectivity index (χ0v) is 14.0. The van der Waals surface area contributed by atoms with Gasteiger partial charge in [-0.2, -0.15) is 0 Å². The maximum atomic E-state index is 13.1.